The molecule has 7 heteroatoms. The van der Waals surface area contributed by atoms with Gasteiger partial charge in [-0.15, -0.1) is 11.8 Å². The molecule has 0 aliphatic carbocycles. The van der Waals surface area contributed by atoms with Crippen molar-refractivity contribution in [2.45, 2.75) is 23.1 Å². The second-order valence-electron chi connectivity index (χ2n) is 7.96. The van der Waals surface area contributed by atoms with Crippen molar-refractivity contribution in [3.05, 3.63) is 71.8 Å². The highest BCUT2D eigenvalue weighted by Crippen LogP contribution is 2.48. The second kappa shape index (κ2) is 11.4. The molecule has 3 aromatic rings. The van der Waals surface area contributed by atoms with Crippen LogP contribution < -0.4 is 23.8 Å². The summed E-state index contributed by atoms with van der Waals surface area (Å²) >= 11 is 1.87. The maximum absolute atomic E-state index is 8.95. The average Bonchev–Trinajstić information content (AvgIpc) is 3.07. The first-order valence-electron chi connectivity index (χ1n) is 11.3. The van der Waals surface area contributed by atoms with Crippen LogP contribution in [0.2, 0.25) is 0 Å². The number of hydrogen-bond donors (Lipinski definition) is 1. The minimum Gasteiger partial charge on any atom is -0.493 e. The lowest BCUT2D eigenvalue weighted by Gasteiger charge is -2.25. The van der Waals surface area contributed by atoms with Gasteiger partial charge in [0.2, 0.25) is 5.75 Å². The first kappa shape index (κ1) is 24.1. The van der Waals surface area contributed by atoms with Gasteiger partial charge in [-0.1, -0.05) is 24.3 Å². The van der Waals surface area contributed by atoms with E-state index in [9.17, 15) is 0 Å². The van der Waals surface area contributed by atoms with Crippen LogP contribution in [0, 0.1) is 0 Å². The molecule has 1 heterocycles. The third-order valence-electron chi connectivity index (χ3n) is 5.85. The smallest absolute Gasteiger partial charge is 0.203 e. The molecule has 0 saturated carbocycles. The molecule has 0 fully saturated rings. The van der Waals surface area contributed by atoms with E-state index in [-0.39, 0.29) is 11.9 Å². The van der Waals surface area contributed by atoms with E-state index in [0.717, 1.165) is 30.8 Å². The molecule has 1 atom stereocenters. The number of thioether (sulfide) groups is 1. The van der Waals surface area contributed by atoms with Crippen LogP contribution >= 0.6 is 11.8 Å². The summed E-state index contributed by atoms with van der Waals surface area (Å²) < 4.78 is 22.2. The lowest BCUT2D eigenvalue weighted by atomic mass is 10.1. The van der Waals surface area contributed by atoms with E-state index >= 15 is 0 Å². The van der Waals surface area contributed by atoms with Crippen LogP contribution in [-0.2, 0) is 6.54 Å². The minimum absolute atomic E-state index is 0.0110. The van der Waals surface area contributed by atoms with Crippen molar-refractivity contribution in [2.75, 3.05) is 46.0 Å². The molecule has 34 heavy (non-hydrogen) atoms. The van der Waals surface area contributed by atoms with E-state index in [1.54, 1.807) is 21.3 Å². The van der Waals surface area contributed by atoms with Gasteiger partial charge in [0.05, 0.1) is 33.6 Å². The van der Waals surface area contributed by atoms with Gasteiger partial charge in [-0.2, -0.15) is 0 Å². The number of benzene rings is 3. The molecule has 4 rings (SSSR count). The van der Waals surface area contributed by atoms with Gasteiger partial charge in [-0.25, -0.2) is 0 Å². The van der Waals surface area contributed by atoms with Gasteiger partial charge in [0.1, 0.15) is 12.4 Å². The van der Waals surface area contributed by atoms with Gasteiger partial charge in [-0.05, 0) is 53.9 Å². The summed E-state index contributed by atoms with van der Waals surface area (Å²) in [4.78, 5) is 3.69. The van der Waals surface area contributed by atoms with Crippen LogP contribution in [0.15, 0.2) is 65.6 Å². The second-order valence-corrected chi connectivity index (χ2v) is 9.20. The number of ether oxygens (including phenoxy) is 4. The summed E-state index contributed by atoms with van der Waals surface area (Å²) in [6.07, 6.45) is 0.968. The third-order valence-corrected chi connectivity index (χ3v) is 7.24. The lowest BCUT2D eigenvalue weighted by Crippen LogP contribution is -2.23. The largest absolute Gasteiger partial charge is 0.493 e. The summed E-state index contributed by atoms with van der Waals surface area (Å²) in [5, 5.41) is 9.20. The van der Waals surface area contributed by atoms with Crippen molar-refractivity contribution in [1.29, 1.82) is 0 Å². The van der Waals surface area contributed by atoms with E-state index in [4.69, 9.17) is 24.1 Å². The normalized spacial score (nSPS) is 15.3. The molecule has 0 bridgehead atoms. The van der Waals surface area contributed by atoms with Crippen LogP contribution in [0.1, 0.15) is 22.8 Å². The van der Waals surface area contributed by atoms with E-state index in [0.29, 0.717) is 23.9 Å². The minimum atomic E-state index is 0.0110. The summed E-state index contributed by atoms with van der Waals surface area (Å²) in [6, 6.07) is 20.8. The first-order chi connectivity index (χ1) is 16.7. The SMILES string of the molecule is COc1cc(C2CCN(Cc3ccc(OCCO)cc3)c3ccccc3S2)cc(OC)c1OC. The Morgan fingerprint density at radius 1 is 0.941 bits per heavy atom. The van der Waals surface area contributed by atoms with E-state index < -0.39 is 0 Å². The fraction of sp³-hybridized carbons (Fsp3) is 0.333. The number of aliphatic hydroxyl groups is 1. The Morgan fingerprint density at radius 3 is 2.29 bits per heavy atom. The van der Waals surface area contributed by atoms with Crippen LogP contribution in [0.25, 0.3) is 0 Å². The zero-order chi connectivity index (χ0) is 23.9. The number of methoxy groups -OCH3 is 3. The van der Waals surface area contributed by atoms with E-state index in [1.165, 1.54) is 16.1 Å². The Kier molecular flexibility index (Phi) is 8.08. The topological polar surface area (TPSA) is 60.4 Å². The molecule has 1 N–H and O–H groups in total. The molecular weight excluding hydrogens is 450 g/mol. The van der Waals surface area contributed by atoms with Gasteiger partial charge in [-0.3, -0.25) is 0 Å². The fourth-order valence-electron chi connectivity index (χ4n) is 4.18. The average molecular weight is 482 g/mol. The molecule has 1 aliphatic heterocycles. The Hall–Kier alpha value is -3.03. The van der Waals surface area contributed by atoms with Gasteiger partial charge in [0.25, 0.3) is 0 Å². The highest BCUT2D eigenvalue weighted by Gasteiger charge is 2.25. The van der Waals surface area contributed by atoms with Gasteiger partial charge in [0, 0.05) is 23.2 Å². The van der Waals surface area contributed by atoms with Gasteiger partial charge in [0.15, 0.2) is 11.5 Å². The molecule has 0 radical (unpaired) electrons. The molecule has 0 saturated heterocycles. The highest BCUT2D eigenvalue weighted by atomic mass is 32.2. The zero-order valence-electron chi connectivity index (χ0n) is 19.8. The maximum atomic E-state index is 8.95. The predicted molar refractivity (Wildman–Crippen MR) is 136 cm³/mol. The Morgan fingerprint density at radius 2 is 1.65 bits per heavy atom. The molecule has 180 valence electrons. The van der Waals surface area contributed by atoms with Crippen LogP contribution in [-0.4, -0.2) is 46.2 Å². The standard InChI is InChI=1S/C27H31NO5S/c1-30-23-16-20(17-24(31-2)27(23)32-3)25-12-13-28(22-6-4-5-7-26(22)34-25)18-19-8-10-21(11-9-19)33-15-14-29/h4-11,16-17,25,29H,12-15,18H2,1-3H3. The van der Waals surface area contributed by atoms with Crippen LogP contribution in [0.5, 0.6) is 23.0 Å². The monoisotopic (exact) mass is 481 g/mol. The number of para-hydroxylation sites is 1. The first-order valence-corrected chi connectivity index (χ1v) is 12.2. The molecular formula is C27H31NO5S. The number of fused-ring (bicyclic) bond motifs is 1. The number of aliphatic hydroxyl groups excluding tert-OH is 1. The van der Waals surface area contributed by atoms with Crippen molar-refractivity contribution in [1.82, 2.24) is 0 Å². The molecule has 1 unspecified atom stereocenters. The van der Waals surface area contributed by atoms with Gasteiger partial charge < -0.3 is 29.0 Å². The summed E-state index contributed by atoms with van der Waals surface area (Å²) in [5.41, 5.74) is 3.60. The van der Waals surface area contributed by atoms with Crippen LogP contribution in [0.4, 0.5) is 5.69 Å². The van der Waals surface area contributed by atoms with Crippen molar-refractivity contribution in [3.63, 3.8) is 0 Å². The maximum Gasteiger partial charge on any atom is 0.203 e. The highest BCUT2D eigenvalue weighted by molar-refractivity contribution is 7.99. The molecule has 6 nitrogen and oxygen atoms in total. The molecule has 0 amide bonds. The Balaban J connectivity index is 1.59. The lowest BCUT2D eigenvalue weighted by molar-refractivity contribution is 0.201. The summed E-state index contributed by atoms with van der Waals surface area (Å²) in [6.45, 7) is 2.03. The van der Waals surface area contributed by atoms with Crippen LogP contribution in [0.3, 0.4) is 0 Å². The third kappa shape index (κ3) is 5.37. The number of hydrogen-bond acceptors (Lipinski definition) is 7. The molecule has 3 aromatic carbocycles. The number of rotatable bonds is 9. The quantitative estimate of drug-likeness (QED) is 0.443. The Bertz CT molecular complexity index is 1060. The summed E-state index contributed by atoms with van der Waals surface area (Å²) in [5.74, 6) is 2.73. The van der Waals surface area contributed by atoms with Crippen molar-refractivity contribution in [3.8, 4) is 23.0 Å². The zero-order valence-corrected chi connectivity index (χ0v) is 20.6. The number of anilines is 1. The van der Waals surface area contributed by atoms with Crippen molar-refractivity contribution < 1.29 is 24.1 Å². The summed E-state index contributed by atoms with van der Waals surface area (Å²) in [7, 11) is 4.93. The fourth-order valence-corrected chi connectivity index (χ4v) is 5.46. The molecule has 0 aromatic heterocycles. The number of nitrogens with zero attached hydrogens (tertiary/aromatic N) is 1. The van der Waals surface area contributed by atoms with Gasteiger partial charge >= 0.3 is 0 Å². The van der Waals surface area contributed by atoms with Crippen molar-refractivity contribution >= 4 is 17.4 Å². The van der Waals surface area contributed by atoms with Crippen molar-refractivity contribution in [2.24, 2.45) is 0 Å². The molecule has 0 spiro atoms. The van der Waals surface area contributed by atoms with E-state index in [2.05, 4.69) is 53.4 Å². The molecule has 1 aliphatic rings. The Labute approximate surface area is 205 Å². The van der Waals surface area contributed by atoms with E-state index in [1.807, 2.05) is 23.9 Å². The predicted octanol–water partition coefficient (Wildman–Crippen LogP) is 5.33.